The fourth-order valence-corrected chi connectivity index (χ4v) is 1.27. The first-order valence-corrected chi connectivity index (χ1v) is 5.25. The van der Waals surface area contributed by atoms with Gasteiger partial charge < -0.3 is 10.4 Å². The van der Waals surface area contributed by atoms with E-state index >= 15 is 0 Å². The van der Waals surface area contributed by atoms with Crippen molar-refractivity contribution in [3.63, 3.8) is 0 Å². The molecule has 1 aromatic rings. The van der Waals surface area contributed by atoms with Crippen molar-refractivity contribution in [2.75, 3.05) is 6.54 Å². The zero-order chi connectivity index (χ0) is 12.1. The van der Waals surface area contributed by atoms with Crippen molar-refractivity contribution in [1.82, 2.24) is 5.32 Å². The number of rotatable bonds is 4. The van der Waals surface area contributed by atoms with Crippen LogP contribution in [0.25, 0.3) is 0 Å². The molecule has 1 amide bonds. The van der Waals surface area contributed by atoms with Crippen LogP contribution in [0.15, 0.2) is 22.7 Å². The molecule has 0 aliphatic rings. The first kappa shape index (κ1) is 12.6. The summed E-state index contributed by atoms with van der Waals surface area (Å²) in [6, 6.07) is 3.95. The van der Waals surface area contributed by atoms with Crippen molar-refractivity contribution in [2.24, 2.45) is 0 Å². The molecule has 0 unspecified atom stereocenters. The number of carbonyl (C=O) groups is 2. The highest BCUT2D eigenvalue weighted by atomic mass is 79.9. The summed E-state index contributed by atoms with van der Waals surface area (Å²) in [7, 11) is 0. The van der Waals surface area contributed by atoms with Crippen molar-refractivity contribution in [1.29, 1.82) is 0 Å². The Balaban J connectivity index is 2.59. The highest BCUT2D eigenvalue weighted by molar-refractivity contribution is 9.10. The summed E-state index contributed by atoms with van der Waals surface area (Å²) in [6.07, 6.45) is -0.162. The van der Waals surface area contributed by atoms with Crippen molar-refractivity contribution < 1.29 is 19.1 Å². The maximum atomic E-state index is 13.1. The predicted molar refractivity (Wildman–Crippen MR) is 58.7 cm³/mol. The van der Waals surface area contributed by atoms with Gasteiger partial charge in [-0.15, -0.1) is 0 Å². The van der Waals surface area contributed by atoms with Gasteiger partial charge in [0.2, 0.25) is 0 Å². The number of benzene rings is 1. The smallest absolute Gasteiger partial charge is 0.305 e. The van der Waals surface area contributed by atoms with Crippen molar-refractivity contribution >= 4 is 27.8 Å². The van der Waals surface area contributed by atoms with Gasteiger partial charge in [-0.2, -0.15) is 0 Å². The summed E-state index contributed by atoms with van der Waals surface area (Å²) in [4.78, 5) is 21.6. The number of halogens is 2. The number of aliphatic carboxylic acids is 1. The third kappa shape index (κ3) is 3.62. The lowest BCUT2D eigenvalue weighted by Crippen LogP contribution is -2.26. The Morgan fingerprint density at radius 2 is 2.12 bits per heavy atom. The molecule has 0 atom stereocenters. The quantitative estimate of drug-likeness (QED) is 0.888. The molecule has 0 aliphatic carbocycles. The molecule has 0 aliphatic heterocycles. The van der Waals surface area contributed by atoms with E-state index in [0.29, 0.717) is 0 Å². The molecule has 4 nitrogen and oxygen atoms in total. The van der Waals surface area contributed by atoms with E-state index in [1.165, 1.54) is 12.1 Å². The Hall–Kier alpha value is -1.43. The molecular formula is C10H9BrFNO3. The summed E-state index contributed by atoms with van der Waals surface area (Å²) < 4.78 is 13.3. The van der Waals surface area contributed by atoms with Gasteiger partial charge in [0.05, 0.1) is 10.9 Å². The number of hydrogen-bond donors (Lipinski definition) is 2. The fraction of sp³-hybridized carbons (Fsp3) is 0.200. The molecule has 16 heavy (non-hydrogen) atoms. The van der Waals surface area contributed by atoms with Gasteiger partial charge in [-0.25, -0.2) is 4.39 Å². The van der Waals surface area contributed by atoms with Crippen LogP contribution in [0.3, 0.4) is 0 Å². The highest BCUT2D eigenvalue weighted by Gasteiger charge is 2.08. The SMILES string of the molecule is O=C(O)CCNC(=O)c1ccc(Br)c(F)c1. The molecule has 6 heteroatoms. The van der Waals surface area contributed by atoms with Gasteiger partial charge in [-0.1, -0.05) is 0 Å². The number of nitrogens with one attached hydrogen (secondary N) is 1. The van der Waals surface area contributed by atoms with Gasteiger partial charge in [0, 0.05) is 12.1 Å². The highest BCUT2D eigenvalue weighted by Crippen LogP contribution is 2.16. The van der Waals surface area contributed by atoms with Crippen molar-refractivity contribution in [2.45, 2.75) is 6.42 Å². The van der Waals surface area contributed by atoms with E-state index in [1.807, 2.05) is 0 Å². The lowest BCUT2D eigenvalue weighted by atomic mass is 10.2. The third-order valence-electron chi connectivity index (χ3n) is 1.81. The summed E-state index contributed by atoms with van der Waals surface area (Å²) in [6.45, 7) is 0.0197. The lowest BCUT2D eigenvalue weighted by molar-refractivity contribution is -0.136. The third-order valence-corrected chi connectivity index (χ3v) is 2.45. The normalized spacial score (nSPS) is 9.88. The second-order valence-corrected chi connectivity index (χ2v) is 3.88. The van der Waals surface area contributed by atoms with Crippen molar-refractivity contribution in [3.8, 4) is 0 Å². The molecule has 0 fully saturated rings. The number of hydrogen-bond acceptors (Lipinski definition) is 2. The van der Waals surface area contributed by atoms with E-state index in [-0.39, 0.29) is 23.0 Å². The van der Waals surface area contributed by atoms with Gasteiger partial charge in [0.15, 0.2) is 0 Å². The molecule has 0 saturated carbocycles. The molecule has 86 valence electrons. The van der Waals surface area contributed by atoms with Crippen LogP contribution in [0.4, 0.5) is 4.39 Å². The van der Waals surface area contributed by atoms with Crippen LogP contribution in [-0.4, -0.2) is 23.5 Å². The van der Waals surface area contributed by atoms with Crippen LogP contribution < -0.4 is 5.32 Å². The first-order chi connectivity index (χ1) is 7.50. The first-order valence-electron chi connectivity index (χ1n) is 4.45. The van der Waals surface area contributed by atoms with Gasteiger partial charge in [0.25, 0.3) is 5.91 Å². The molecule has 0 spiro atoms. The molecule has 1 aromatic carbocycles. The molecule has 0 aromatic heterocycles. The van der Waals surface area contributed by atoms with Gasteiger partial charge in [-0.05, 0) is 34.1 Å². The molecule has 0 radical (unpaired) electrons. The minimum absolute atomic E-state index is 0.0197. The largest absolute Gasteiger partial charge is 0.481 e. The summed E-state index contributed by atoms with van der Waals surface area (Å²) in [5, 5.41) is 10.7. The van der Waals surface area contributed by atoms with Crippen LogP contribution in [0.5, 0.6) is 0 Å². The zero-order valence-electron chi connectivity index (χ0n) is 8.17. The maximum Gasteiger partial charge on any atom is 0.305 e. The molecule has 0 bridgehead atoms. The Morgan fingerprint density at radius 1 is 1.44 bits per heavy atom. The monoisotopic (exact) mass is 289 g/mol. The van der Waals surface area contributed by atoms with Gasteiger partial charge >= 0.3 is 5.97 Å². The summed E-state index contributed by atoms with van der Waals surface area (Å²) in [5.41, 5.74) is 0.158. The van der Waals surface area contributed by atoms with E-state index < -0.39 is 17.7 Å². The van der Waals surface area contributed by atoms with E-state index in [0.717, 1.165) is 6.07 Å². The van der Waals surface area contributed by atoms with Gasteiger partial charge in [-0.3, -0.25) is 9.59 Å². The topological polar surface area (TPSA) is 66.4 Å². The predicted octanol–water partition coefficient (Wildman–Crippen LogP) is 1.79. The van der Waals surface area contributed by atoms with Crippen LogP contribution in [-0.2, 0) is 4.79 Å². The van der Waals surface area contributed by atoms with Gasteiger partial charge in [0.1, 0.15) is 5.82 Å². The minimum Gasteiger partial charge on any atom is -0.481 e. The van der Waals surface area contributed by atoms with E-state index in [9.17, 15) is 14.0 Å². The fourth-order valence-electron chi connectivity index (χ4n) is 1.02. The summed E-state index contributed by atoms with van der Waals surface area (Å²) >= 11 is 2.97. The van der Waals surface area contributed by atoms with Crippen molar-refractivity contribution in [3.05, 3.63) is 34.1 Å². The van der Waals surface area contributed by atoms with Crippen LogP contribution in [0.1, 0.15) is 16.8 Å². The average molecular weight is 290 g/mol. The van der Waals surface area contributed by atoms with E-state index in [2.05, 4.69) is 21.2 Å². The Kier molecular flexibility index (Phi) is 4.42. The number of carbonyl (C=O) groups excluding carboxylic acids is 1. The van der Waals surface area contributed by atoms with Crippen LogP contribution in [0, 0.1) is 5.82 Å². The molecule has 2 N–H and O–H groups in total. The second-order valence-electron chi connectivity index (χ2n) is 3.03. The molecule has 0 saturated heterocycles. The van der Waals surface area contributed by atoms with Crippen LogP contribution in [0.2, 0.25) is 0 Å². The second kappa shape index (κ2) is 5.60. The van der Waals surface area contributed by atoms with Crippen LogP contribution >= 0.6 is 15.9 Å². The zero-order valence-corrected chi connectivity index (χ0v) is 9.75. The minimum atomic E-state index is -0.998. The van der Waals surface area contributed by atoms with E-state index in [1.54, 1.807) is 0 Å². The standard InChI is InChI=1S/C10H9BrFNO3/c11-7-2-1-6(5-8(7)12)10(16)13-4-3-9(14)15/h1-2,5H,3-4H2,(H,13,16)(H,14,15). The number of carboxylic acid groups (broad SMARTS) is 1. The molecular weight excluding hydrogens is 281 g/mol. The Bertz CT molecular complexity index is 423. The molecule has 1 rings (SSSR count). The van der Waals surface area contributed by atoms with E-state index in [4.69, 9.17) is 5.11 Å². The summed E-state index contributed by atoms with van der Waals surface area (Å²) in [5.74, 6) is -2.03. The molecule has 0 heterocycles. The number of amides is 1. The maximum absolute atomic E-state index is 13.1. The Morgan fingerprint density at radius 3 is 2.69 bits per heavy atom. The Labute approximate surface area is 99.6 Å². The number of carboxylic acids is 1. The lowest BCUT2D eigenvalue weighted by Gasteiger charge is -2.04. The average Bonchev–Trinajstić information content (AvgIpc) is 2.21.